The average Bonchev–Trinajstić information content (AvgIpc) is 0.785. The maximum Gasteiger partial charge on any atom is 0.220 e. The summed E-state index contributed by atoms with van der Waals surface area (Å²) < 4.78 is 34.4. The van der Waals surface area contributed by atoms with Crippen molar-refractivity contribution in [2.45, 2.75) is 394 Å². The van der Waals surface area contributed by atoms with Gasteiger partial charge in [-0.25, -0.2) is 0 Å². The Morgan fingerprint density at radius 1 is 0.378 bits per heavy atom. The molecule has 1 amide bonds. The second kappa shape index (κ2) is 59.6. The molecule has 12 N–H and O–H groups in total. The Balaban J connectivity index is 1.38. The maximum atomic E-state index is 13.5. The van der Waals surface area contributed by atoms with E-state index in [9.17, 15) is 61.0 Å². The third-order valence-corrected chi connectivity index (χ3v) is 19.3. The van der Waals surface area contributed by atoms with Gasteiger partial charge in [0.25, 0.3) is 0 Å². The lowest BCUT2D eigenvalue weighted by Gasteiger charge is -2.48. The average molecular weight is 1390 g/mol. The first kappa shape index (κ1) is 89.4. The van der Waals surface area contributed by atoms with Crippen molar-refractivity contribution in [2.75, 3.05) is 26.4 Å². The number of aliphatic hydroxyl groups excluding tert-OH is 11. The molecular weight excluding hydrogens is 1250 g/mol. The molecule has 3 heterocycles. The minimum Gasteiger partial charge on any atom is -0.394 e. The van der Waals surface area contributed by atoms with E-state index in [1.54, 1.807) is 6.08 Å². The highest BCUT2D eigenvalue weighted by atomic mass is 16.8. The number of allylic oxidation sites excluding steroid dienone is 11. The van der Waals surface area contributed by atoms with Crippen molar-refractivity contribution in [3.8, 4) is 0 Å². The van der Waals surface area contributed by atoms with Gasteiger partial charge in [-0.2, -0.15) is 0 Å². The number of ether oxygens (including phenoxy) is 6. The Bertz CT molecular complexity index is 2050. The highest BCUT2D eigenvalue weighted by Gasteiger charge is 2.53. The summed E-state index contributed by atoms with van der Waals surface area (Å²) in [5, 5.41) is 121. The minimum absolute atomic E-state index is 0.241. The summed E-state index contributed by atoms with van der Waals surface area (Å²) in [6.07, 6.45) is 50.2. The van der Waals surface area contributed by atoms with Crippen LogP contribution in [0, 0.1) is 0 Å². The van der Waals surface area contributed by atoms with Gasteiger partial charge >= 0.3 is 0 Å². The fourth-order valence-corrected chi connectivity index (χ4v) is 13.0. The first-order valence-electron chi connectivity index (χ1n) is 39.2. The highest BCUT2D eigenvalue weighted by molar-refractivity contribution is 5.76. The predicted molar refractivity (Wildman–Crippen MR) is 388 cm³/mol. The summed E-state index contributed by atoms with van der Waals surface area (Å²) in [6.45, 7) is 1.65. The van der Waals surface area contributed by atoms with Crippen molar-refractivity contribution in [2.24, 2.45) is 0 Å². The molecule has 98 heavy (non-hydrogen) atoms. The molecule has 3 rings (SSSR count). The van der Waals surface area contributed by atoms with E-state index in [-0.39, 0.29) is 18.9 Å². The predicted octanol–water partition coefficient (Wildman–Crippen LogP) is 12.4. The summed E-state index contributed by atoms with van der Waals surface area (Å²) >= 11 is 0. The molecule has 17 atom stereocenters. The summed E-state index contributed by atoms with van der Waals surface area (Å²) in [6, 6.07) is -0.977. The summed E-state index contributed by atoms with van der Waals surface area (Å²) in [7, 11) is 0. The lowest BCUT2D eigenvalue weighted by Crippen LogP contribution is -2.66. The number of aliphatic hydroxyl groups is 11. The summed E-state index contributed by atoms with van der Waals surface area (Å²) in [5.41, 5.74) is 0. The molecule has 0 aromatic carbocycles. The van der Waals surface area contributed by atoms with Gasteiger partial charge in [-0.1, -0.05) is 292 Å². The van der Waals surface area contributed by atoms with Crippen LogP contribution in [0.15, 0.2) is 72.9 Å². The highest BCUT2D eigenvalue weighted by Crippen LogP contribution is 2.33. The van der Waals surface area contributed by atoms with Gasteiger partial charge < -0.3 is 89.9 Å². The third kappa shape index (κ3) is 39.8. The van der Waals surface area contributed by atoms with Crippen molar-refractivity contribution < 1.29 is 89.4 Å². The number of hydrogen-bond donors (Lipinski definition) is 12. The van der Waals surface area contributed by atoms with E-state index in [1.807, 2.05) is 6.08 Å². The lowest BCUT2D eigenvalue weighted by atomic mass is 9.96. The van der Waals surface area contributed by atoms with Gasteiger partial charge in [0.15, 0.2) is 18.9 Å². The van der Waals surface area contributed by atoms with Crippen LogP contribution in [-0.2, 0) is 33.2 Å². The molecule has 0 bridgehead atoms. The normalized spacial score (nSPS) is 27.1. The molecule has 0 saturated carbocycles. The van der Waals surface area contributed by atoms with Crippen LogP contribution in [-0.4, -0.2) is 193 Å². The first-order valence-corrected chi connectivity index (χ1v) is 39.2. The molecule has 570 valence electrons. The molecule has 3 saturated heterocycles. The fraction of sp³-hybridized carbons (Fsp3) is 0.835. The van der Waals surface area contributed by atoms with Crippen molar-refractivity contribution in [1.29, 1.82) is 0 Å². The van der Waals surface area contributed by atoms with E-state index in [0.29, 0.717) is 6.42 Å². The first-order chi connectivity index (χ1) is 47.8. The molecule has 17 unspecified atom stereocenters. The maximum absolute atomic E-state index is 13.5. The molecule has 0 aliphatic carbocycles. The summed E-state index contributed by atoms with van der Waals surface area (Å²) in [5.74, 6) is -0.274. The quantitative estimate of drug-likeness (QED) is 0.0199. The van der Waals surface area contributed by atoms with Crippen molar-refractivity contribution in [1.82, 2.24) is 5.32 Å². The van der Waals surface area contributed by atoms with Crippen molar-refractivity contribution in [3.63, 3.8) is 0 Å². The number of nitrogens with one attached hydrogen (secondary N) is 1. The van der Waals surface area contributed by atoms with E-state index < -0.39 is 124 Å². The molecule has 19 nitrogen and oxygen atoms in total. The second-order valence-corrected chi connectivity index (χ2v) is 27.8. The van der Waals surface area contributed by atoms with Crippen LogP contribution in [0.1, 0.15) is 290 Å². The van der Waals surface area contributed by atoms with Crippen molar-refractivity contribution >= 4 is 5.91 Å². The number of carbonyl (C=O) groups excluding carboxylic acids is 1. The Hall–Kier alpha value is -2.77. The van der Waals surface area contributed by atoms with E-state index in [2.05, 4.69) is 79.9 Å². The van der Waals surface area contributed by atoms with E-state index in [1.165, 1.54) is 186 Å². The fourth-order valence-electron chi connectivity index (χ4n) is 13.0. The zero-order valence-electron chi connectivity index (χ0n) is 60.8. The minimum atomic E-state index is -1.98. The van der Waals surface area contributed by atoms with E-state index >= 15 is 0 Å². The topological polar surface area (TPSA) is 307 Å². The van der Waals surface area contributed by atoms with Crippen LogP contribution in [0.3, 0.4) is 0 Å². The van der Waals surface area contributed by atoms with Crippen LogP contribution < -0.4 is 5.32 Å². The molecule has 3 fully saturated rings. The molecule has 3 aliphatic heterocycles. The molecule has 3 aliphatic rings. The number of amides is 1. The smallest absolute Gasteiger partial charge is 0.220 e. The third-order valence-electron chi connectivity index (χ3n) is 19.3. The Morgan fingerprint density at radius 3 is 1.10 bits per heavy atom. The zero-order valence-corrected chi connectivity index (χ0v) is 60.8. The molecule has 0 aromatic rings. The van der Waals surface area contributed by atoms with Crippen LogP contribution >= 0.6 is 0 Å². The van der Waals surface area contributed by atoms with Gasteiger partial charge in [-0.05, 0) is 64.2 Å². The Labute approximate surface area is 591 Å². The monoisotopic (exact) mass is 1390 g/mol. The Morgan fingerprint density at radius 2 is 0.704 bits per heavy atom. The van der Waals surface area contributed by atoms with Gasteiger partial charge in [0.1, 0.15) is 73.2 Å². The van der Waals surface area contributed by atoms with Crippen molar-refractivity contribution in [3.05, 3.63) is 72.9 Å². The molecular formula is C79H141NO18. The van der Waals surface area contributed by atoms with Crippen LogP contribution in [0.25, 0.3) is 0 Å². The summed E-state index contributed by atoms with van der Waals surface area (Å²) in [4.78, 5) is 13.5. The van der Waals surface area contributed by atoms with Gasteiger partial charge in [0.05, 0.1) is 38.6 Å². The second-order valence-electron chi connectivity index (χ2n) is 27.8. The molecule has 0 spiro atoms. The van der Waals surface area contributed by atoms with Gasteiger partial charge in [-0.3, -0.25) is 4.79 Å². The number of hydrogen-bond acceptors (Lipinski definition) is 18. The van der Waals surface area contributed by atoms with Gasteiger partial charge in [0, 0.05) is 6.42 Å². The van der Waals surface area contributed by atoms with E-state index in [4.69, 9.17) is 28.4 Å². The van der Waals surface area contributed by atoms with Crippen LogP contribution in [0.5, 0.6) is 0 Å². The standard InChI is InChI=1S/C79H141NO18/c1-3-5-7-9-11-13-15-17-19-21-23-25-27-28-29-30-31-32-33-34-35-37-39-41-43-45-47-49-51-53-55-57-67(85)80-62(63(84)56-54-52-50-48-46-44-42-40-38-36-26-24-22-20-18-16-14-12-10-8-6-4-2)61-93-77-73(91)70(88)75(65(59-82)95-77)98-79-74(92)71(89)76(66(60-83)96-79)97-78-72(90)69(87)68(86)64(58-81)94-78/h5,7,11,13,17,19,23,25,28-29,54,56,62-66,68-79,81-84,86-92H,3-4,6,8-10,12,14-16,18,20-22,24,26-27,30-53,55,57-61H2,1-2H3,(H,80,85)/b7-5-,13-11-,19-17-,25-23-,29-28-,56-54+. The SMILES string of the molecule is CC/C=C\C/C=C\C/C=C\C/C=C\C/C=C\CCCCCCCCCCCCCCCCCC(=O)NC(COC1OC(CO)C(OC2OC(CO)C(OC3OC(CO)C(O)C(O)C3O)C(O)C2O)C(O)C1O)C(O)/C=C/CCCCCCCCCCCCCCCCCCCCCC. The number of rotatable bonds is 61. The molecule has 19 heteroatoms. The number of unbranched alkanes of at least 4 members (excludes halogenated alkanes) is 35. The number of carbonyl (C=O) groups is 1. The van der Waals surface area contributed by atoms with Gasteiger partial charge in [0.2, 0.25) is 5.91 Å². The van der Waals surface area contributed by atoms with Crippen LogP contribution in [0.4, 0.5) is 0 Å². The largest absolute Gasteiger partial charge is 0.394 e. The van der Waals surface area contributed by atoms with E-state index in [0.717, 1.165) is 77.0 Å². The Kier molecular flexibility index (Phi) is 54.4. The molecule has 0 radical (unpaired) electrons. The molecule has 0 aromatic heterocycles. The lowest BCUT2D eigenvalue weighted by molar-refractivity contribution is -0.379. The van der Waals surface area contributed by atoms with Gasteiger partial charge in [-0.15, -0.1) is 0 Å². The van der Waals surface area contributed by atoms with Crippen LogP contribution in [0.2, 0.25) is 0 Å². The zero-order chi connectivity index (χ0) is 71.1.